The quantitative estimate of drug-likeness (QED) is 0.796. The summed E-state index contributed by atoms with van der Waals surface area (Å²) >= 11 is 0. The van der Waals surface area contributed by atoms with Gasteiger partial charge in [-0.2, -0.15) is 0 Å². The fourth-order valence-electron chi connectivity index (χ4n) is 2.30. The number of anilines is 1. The van der Waals surface area contributed by atoms with Crippen LogP contribution in [-0.4, -0.2) is 37.8 Å². The maximum atomic E-state index is 11.7. The molecule has 23 heavy (non-hydrogen) atoms. The molecule has 2 rings (SSSR count). The zero-order chi connectivity index (χ0) is 16.7. The van der Waals surface area contributed by atoms with Crippen molar-refractivity contribution in [3.63, 3.8) is 0 Å². The van der Waals surface area contributed by atoms with Crippen LogP contribution in [0.2, 0.25) is 0 Å². The van der Waals surface area contributed by atoms with E-state index in [-0.39, 0.29) is 5.97 Å². The van der Waals surface area contributed by atoms with E-state index in [2.05, 4.69) is 10.3 Å². The molecule has 0 aliphatic carbocycles. The normalized spacial score (nSPS) is 11.8. The van der Waals surface area contributed by atoms with Gasteiger partial charge in [0.15, 0.2) is 6.10 Å². The maximum absolute atomic E-state index is 11.7. The van der Waals surface area contributed by atoms with Gasteiger partial charge in [0.1, 0.15) is 5.82 Å². The lowest BCUT2D eigenvalue weighted by Gasteiger charge is -2.14. The highest BCUT2D eigenvalue weighted by Gasteiger charge is 2.19. The molecule has 122 valence electrons. The van der Waals surface area contributed by atoms with Gasteiger partial charge in [-0.15, -0.1) is 0 Å². The number of ether oxygens (including phenoxy) is 2. The highest BCUT2D eigenvalue weighted by atomic mass is 16.6. The van der Waals surface area contributed by atoms with Gasteiger partial charge in [0.25, 0.3) is 0 Å². The van der Waals surface area contributed by atoms with Crippen molar-refractivity contribution in [3.05, 3.63) is 48.0 Å². The number of pyridine rings is 1. The Morgan fingerprint density at radius 1 is 1.22 bits per heavy atom. The van der Waals surface area contributed by atoms with Crippen molar-refractivity contribution < 1.29 is 14.3 Å². The molecule has 1 aromatic heterocycles. The van der Waals surface area contributed by atoms with E-state index in [9.17, 15) is 4.79 Å². The minimum Gasteiger partial charge on any atom is -0.467 e. The van der Waals surface area contributed by atoms with Crippen LogP contribution in [0.4, 0.5) is 5.82 Å². The minimum atomic E-state index is -0.568. The van der Waals surface area contributed by atoms with Crippen LogP contribution in [0.25, 0.3) is 11.3 Å². The Morgan fingerprint density at radius 3 is 2.57 bits per heavy atom. The van der Waals surface area contributed by atoms with E-state index in [1.165, 1.54) is 7.11 Å². The van der Waals surface area contributed by atoms with Crippen molar-refractivity contribution in [1.29, 1.82) is 0 Å². The number of carbonyl (C=O) groups excluding carboxylic acids is 1. The number of methoxy groups -OCH3 is 1. The number of carbonyl (C=O) groups is 1. The van der Waals surface area contributed by atoms with Crippen molar-refractivity contribution in [1.82, 2.24) is 4.98 Å². The second-order valence-corrected chi connectivity index (χ2v) is 5.03. The third kappa shape index (κ3) is 4.53. The summed E-state index contributed by atoms with van der Waals surface area (Å²) in [4.78, 5) is 16.2. The third-order valence-electron chi connectivity index (χ3n) is 3.51. The summed E-state index contributed by atoms with van der Waals surface area (Å²) in [6, 6.07) is 13.8. The van der Waals surface area contributed by atoms with E-state index in [0.29, 0.717) is 13.0 Å². The molecular formula is C18H22N2O3. The van der Waals surface area contributed by atoms with Crippen LogP contribution in [0.5, 0.6) is 0 Å². The molecule has 0 radical (unpaired) electrons. The number of benzene rings is 1. The molecule has 5 heteroatoms. The first-order valence-electron chi connectivity index (χ1n) is 7.61. The Hall–Kier alpha value is -2.40. The van der Waals surface area contributed by atoms with Gasteiger partial charge in [0, 0.05) is 25.6 Å². The van der Waals surface area contributed by atoms with Crippen molar-refractivity contribution in [2.45, 2.75) is 19.4 Å². The number of esters is 1. The summed E-state index contributed by atoms with van der Waals surface area (Å²) in [6.07, 6.45) is -0.0771. The summed E-state index contributed by atoms with van der Waals surface area (Å²) in [7, 11) is 3.22. The molecule has 2 aromatic rings. The van der Waals surface area contributed by atoms with E-state index in [0.717, 1.165) is 22.6 Å². The van der Waals surface area contributed by atoms with E-state index in [1.54, 1.807) is 0 Å². The molecule has 0 amide bonds. The van der Waals surface area contributed by atoms with Crippen LogP contribution in [-0.2, 0) is 20.7 Å². The van der Waals surface area contributed by atoms with Gasteiger partial charge < -0.3 is 14.8 Å². The van der Waals surface area contributed by atoms with E-state index < -0.39 is 6.10 Å². The Labute approximate surface area is 136 Å². The van der Waals surface area contributed by atoms with Crippen LogP contribution in [0, 0.1) is 0 Å². The number of hydrogen-bond acceptors (Lipinski definition) is 5. The largest absolute Gasteiger partial charge is 0.467 e. The summed E-state index contributed by atoms with van der Waals surface area (Å²) in [5.74, 6) is 0.480. The van der Waals surface area contributed by atoms with Crippen LogP contribution >= 0.6 is 0 Å². The molecule has 0 aliphatic rings. The molecule has 0 saturated carbocycles. The predicted octanol–water partition coefficient (Wildman–Crippen LogP) is 2.91. The zero-order valence-corrected chi connectivity index (χ0v) is 13.7. The second kappa shape index (κ2) is 8.29. The van der Waals surface area contributed by atoms with Crippen LogP contribution < -0.4 is 5.32 Å². The molecule has 1 aromatic carbocycles. The van der Waals surface area contributed by atoms with Crippen LogP contribution in [0.1, 0.15) is 12.5 Å². The molecule has 1 unspecified atom stereocenters. The lowest BCUT2D eigenvalue weighted by Crippen LogP contribution is -2.28. The van der Waals surface area contributed by atoms with Gasteiger partial charge in [0.05, 0.1) is 12.8 Å². The van der Waals surface area contributed by atoms with Gasteiger partial charge >= 0.3 is 5.97 Å². The van der Waals surface area contributed by atoms with Gasteiger partial charge in [-0.1, -0.05) is 30.3 Å². The van der Waals surface area contributed by atoms with Gasteiger partial charge in [-0.25, -0.2) is 9.78 Å². The molecule has 0 aliphatic heterocycles. The molecule has 0 spiro atoms. The van der Waals surface area contributed by atoms with E-state index in [4.69, 9.17) is 9.47 Å². The first-order chi connectivity index (χ1) is 11.2. The van der Waals surface area contributed by atoms with Crippen LogP contribution in [0.15, 0.2) is 42.5 Å². The van der Waals surface area contributed by atoms with Crippen molar-refractivity contribution >= 4 is 11.8 Å². The summed E-state index contributed by atoms with van der Waals surface area (Å²) in [5.41, 5.74) is 2.94. The molecule has 1 N–H and O–H groups in total. The third-order valence-corrected chi connectivity index (χ3v) is 3.51. The number of aromatic nitrogens is 1. The Morgan fingerprint density at radius 2 is 1.96 bits per heavy atom. The van der Waals surface area contributed by atoms with Crippen molar-refractivity contribution in [2.24, 2.45) is 0 Å². The van der Waals surface area contributed by atoms with Gasteiger partial charge in [-0.3, -0.25) is 0 Å². The highest BCUT2D eigenvalue weighted by molar-refractivity contribution is 5.75. The smallest absolute Gasteiger partial charge is 0.335 e. The minimum absolute atomic E-state index is 0.348. The molecule has 0 fully saturated rings. The maximum Gasteiger partial charge on any atom is 0.335 e. The zero-order valence-electron chi connectivity index (χ0n) is 13.7. The number of nitrogens with zero attached hydrogens (tertiary/aromatic N) is 1. The molecule has 1 heterocycles. The van der Waals surface area contributed by atoms with Gasteiger partial charge in [-0.05, 0) is 24.6 Å². The van der Waals surface area contributed by atoms with Crippen molar-refractivity contribution in [3.8, 4) is 11.3 Å². The number of nitrogens with one attached hydrogen (secondary N) is 1. The lowest BCUT2D eigenvalue weighted by molar-refractivity contribution is -0.153. The fourth-order valence-corrected chi connectivity index (χ4v) is 2.30. The first kappa shape index (κ1) is 17.0. The molecule has 0 bridgehead atoms. The monoisotopic (exact) mass is 314 g/mol. The molecule has 5 nitrogen and oxygen atoms in total. The van der Waals surface area contributed by atoms with Crippen LogP contribution in [0.3, 0.4) is 0 Å². The fraction of sp³-hybridized carbons (Fsp3) is 0.333. The van der Waals surface area contributed by atoms with Crippen molar-refractivity contribution in [2.75, 3.05) is 26.1 Å². The summed E-state index contributed by atoms with van der Waals surface area (Å²) in [6.45, 7) is 2.33. The average molecular weight is 314 g/mol. The van der Waals surface area contributed by atoms with E-state index >= 15 is 0 Å². The Kier molecular flexibility index (Phi) is 6.11. The second-order valence-electron chi connectivity index (χ2n) is 5.03. The molecule has 1 atom stereocenters. The topological polar surface area (TPSA) is 60.5 Å². The number of hydrogen-bond donors (Lipinski definition) is 1. The predicted molar refractivity (Wildman–Crippen MR) is 90.4 cm³/mol. The van der Waals surface area contributed by atoms with Gasteiger partial charge in [0.2, 0.25) is 0 Å². The average Bonchev–Trinajstić information content (AvgIpc) is 2.61. The Bertz CT molecular complexity index is 641. The first-order valence-corrected chi connectivity index (χ1v) is 7.61. The molecule has 0 saturated heterocycles. The highest BCUT2D eigenvalue weighted by Crippen LogP contribution is 2.20. The standard InChI is InChI=1S/C18H22N2O3/c1-4-23-16(18(21)22-3)12-13-8-10-14(11-9-13)15-6-5-7-17(19-2)20-15/h5-11,16H,4,12H2,1-3H3,(H,19,20). The molecular weight excluding hydrogens is 292 g/mol. The SMILES string of the molecule is CCOC(Cc1ccc(-c2cccc(NC)n2)cc1)C(=O)OC. The van der Waals surface area contributed by atoms with E-state index in [1.807, 2.05) is 56.4 Å². The summed E-state index contributed by atoms with van der Waals surface area (Å²) < 4.78 is 10.2. The number of rotatable bonds is 7. The lowest BCUT2D eigenvalue weighted by atomic mass is 10.0. The summed E-state index contributed by atoms with van der Waals surface area (Å²) in [5, 5.41) is 3.03. The Balaban J connectivity index is 2.13.